The minimum atomic E-state index is -1.24. The lowest BCUT2D eigenvalue weighted by atomic mass is 10.0. The summed E-state index contributed by atoms with van der Waals surface area (Å²) in [6, 6.07) is 4.49. The average molecular weight is 530 g/mol. The van der Waals surface area contributed by atoms with Crippen LogP contribution in [-0.4, -0.2) is 75.4 Å². The van der Waals surface area contributed by atoms with Gasteiger partial charge in [0.25, 0.3) is 0 Å². The second kappa shape index (κ2) is 14.9. The normalized spacial score (nSPS) is 13.8. The molecule has 1 aromatic heterocycles. The van der Waals surface area contributed by atoms with Gasteiger partial charge in [-0.15, -0.1) is 0 Å². The van der Waals surface area contributed by atoms with Gasteiger partial charge < -0.3 is 43.2 Å². The highest BCUT2D eigenvalue weighted by atomic mass is 16.4. The number of rotatable bonds is 15. The summed E-state index contributed by atoms with van der Waals surface area (Å²) >= 11 is 0. The van der Waals surface area contributed by atoms with E-state index in [1.54, 1.807) is 30.3 Å². The third-order valence-electron chi connectivity index (χ3n) is 5.50. The Morgan fingerprint density at radius 2 is 1.61 bits per heavy atom. The summed E-state index contributed by atoms with van der Waals surface area (Å²) in [5, 5.41) is 17.4. The molecule has 1 heterocycles. The Morgan fingerprint density at radius 3 is 2.18 bits per heavy atom. The number of carbonyl (C=O) groups is 4. The van der Waals surface area contributed by atoms with Crippen LogP contribution in [-0.2, 0) is 32.0 Å². The highest BCUT2D eigenvalue weighted by Gasteiger charge is 2.30. The number of hydrogen-bond acceptors (Lipinski definition) is 7. The zero-order valence-electron chi connectivity index (χ0n) is 21.1. The summed E-state index contributed by atoms with van der Waals surface area (Å²) in [4.78, 5) is 61.2. The Hall–Kier alpha value is -4.46. The van der Waals surface area contributed by atoms with Gasteiger partial charge in [0.2, 0.25) is 17.7 Å². The van der Waals surface area contributed by atoms with Crippen LogP contribution in [0.4, 0.5) is 0 Å². The first-order valence-electron chi connectivity index (χ1n) is 12.0. The van der Waals surface area contributed by atoms with Gasteiger partial charge in [0.1, 0.15) is 18.1 Å². The van der Waals surface area contributed by atoms with Gasteiger partial charge in [-0.25, -0.2) is 9.78 Å². The van der Waals surface area contributed by atoms with Crippen LogP contribution in [0.25, 0.3) is 0 Å². The summed E-state index contributed by atoms with van der Waals surface area (Å²) in [6.07, 6.45) is 3.44. The third kappa shape index (κ3) is 10.3. The smallest absolute Gasteiger partial charge is 0.326 e. The molecule has 2 rings (SSSR count). The van der Waals surface area contributed by atoms with Crippen molar-refractivity contribution in [2.45, 2.75) is 56.8 Å². The molecule has 206 valence electrons. The molecule has 0 aliphatic heterocycles. The number of amides is 3. The van der Waals surface area contributed by atoms with E-state index >= 15 is 0 Å². The number of nitrogens with two attached hydrogens (primary N) is 3. The molecule has 0 fully saturated rings. The summed E-state index contributed by atoms with van der Waals surface area (Å²) < 4.78 is 0. The molecule has 11 N–H and O–H groups in total. The largest absolute Gasteiger partial charge is 0.480 e. The molecule has 0 spiro atoms. The third-order valence-corrected chi connectivity index (χ3v) is 5.50. The highest BCUT2D eigenvalue weighted by molar-refractivity contribution is 5.94. The van der Waals surface area contributed by atoms with Crippen molar-refractivity contribution < 1.29 is 24.3 Å². The number of aliphatic imine (C=N–C) groups is 1. The van der Waals surface area contributed by atoms with Crippen molar-refractivity contribution in [1.82, 2.24) is 25.9 Å². The second-order valence-corrected chi connectivity index (χ2v) is 8.73. The fraction of sp³-hybridized carbons (Fsp3) is 0.417. The molecular weight excluding hydrogens is 494 g/mol. The van der Waals surface area contributed by atoms with Crippen LogP contribution >= 0.6 is 0 Å². The molecular formula is C24H35N9O5. The van der Waals surface area contributed by atoms with E-state index < -0.39 is 47.9 Å². The van der Waals surface area contributed by atoms with Crippen molar-refractivity contribution in [3.63, 3.8) is 0 Å². The first kappa shape index (κ1) is 29.8. The van der Waals surface area contributed by atoms with E-state index in [1.165, 1.54) is 19.4 Å². The van der Waals surface area contributed by atoms with E-state index in [0.717, 1.165) is 0 Å². The Kier molecular flexibility index (Phi) is 11.7. The van der Waals surface area contributed by atoms with Gasteiger partial charge in [-0.05, 0) is 25.3 Å². The molecule has 4 atom stereocenters. The van der Waals surface area contributed by atoms with Crippen LogP contribution in [0, 0.1) is 0 Å². The number of aliphatic carboxylic acids is 1. The number of carbonyl (C=O) groups excluding carboxylic acids is 3. The number of nitrogens with zero attached hydrogens (tertiary/aromatic N) is 2. The molecule has 0 saturated heterocycles. The molecule has 4 unspecified atom stereocenters. The van der Waals surface area contributed by atoms with Gasteiger partial charge >= 0.3 is 5.97 Å². The Labute approximate surface area is 219 Å². The van der Waals surface area contributed by atoms with Crippen LogP contribution in [0.3, 0.4) is 0 Å². The van der Waals surface area contributed by atoms with Crippen LogP contribution < -0.4 is 33.2 Å². The number of hydrogen-bond donors (Lipinski definition) is 8. The fourth-order valence-corrected chi connectivity index (χ4v) is 3.50. The Bertz CT molecular complexity index is 1090. The van der Waals surface area contributed by atoms with Gasteiger partial charge in [-0.1, -0.05) is 30.3 Å². The van der Waals surface area contributed by atoms with Crippen molar-refractivity contribution in [3.8, 4) is 0 Å². The number of H-pyrrole nitrogens is 1. The molecule has 0 bridgehead atoms. The molecule has 0 radical (unpaired) electrons. The topological polar surface area (TPSA) is 244 Å². The summed E-state index contributed by atoms with van der Waals surface area (Å²) in [5.74, 6) is -3.28. The van der Waals surface area contributed by atoms with E-state index in [4.69, 9.17) is 17.2 Å². The lowest BCUT2D eigenvalue weighted by Crippen LogP contribution is -2.57. The monoisotopic (exact) mass is 529 g/mol. The predicted molar refractivity (Wildman–Crippen MR) is 139 cm³/mol. The summed E-state index contributed by atoms with van der Waals surface area (Å²) in [5.41, 5.74) is 17.6. The minimum Gasteiger partial charge on any atom is -0.480 e. The van der Waals surface area contributed by atoms with E-state index in [-0.39, 0.29) is 31.8 Å². The number of carboxylic acids is 1. The molecule has 0 aliphatic rings. The second-order valence-electron chi connectivity index (χ2n) is 8.73. The average Bonchev–Trinajstić information content (AvgIpc) is 3.38. The number of benzene rings is 1. The molecule has 0 saturated carbocycles. The van der Waals surface area contributed by atoms with Crippen LogP contribution in [0.1, 0.15) is 31.0 Å². The standard InChI is InChI=1S/C24H35N9O5/c1-14(25)20(34)32-18(11-16-12-28-13-30-16)22(36)31-17(8-5-9-29-24(26)27)21(35)33-19(23(37)38)10-15-6-3-2-4-7-15/h2-4,6-7,12-14,17-19H,5,8-11,25H2,1H3,(H,28,30)(H,31,36)(H,32,34)(H,33,35)(H,37,38)(H4,26,27,29). The van der Waals surface area contributed by atoms with E-state index in [0.29, 0.717) is 17.7 Å². The number of guanidine groups is 1. The van der Waals surface area contributed by atoms with Crippen LogP contribution in [0.5, 0.6) is 0 Å². The highest BCUT2D eigenvalue weighted by Crippen LogP contribution is 2.07. The summed E-state index contributed by atoms with van der Waals surface area (Å²) in [7, 11) is 0. The molecule has 2 aromatic rings. The molecule has 3 amide bonds. The van der Waals surface area contributed by atoms with Gasteiger partial charge in [0.15, 0.2) is 5.96 Å². The molecule has 0 aliphatic carbocycles. The zero-order chi connectivity index (χ0) is 28.1. The quantitative estimate of drug-likeness (QED) is 0.0731. The lowest BCUT2D eigenvalue weighted by Gasteiger charge is -2.25. The number of aromatic nitrogens is 2. The van der Waals surface area contributed by atoms with Gasteiger partial charge in [0.05, 0.1) is 12.4 Å². The molecule has 38 heavy (non-hydrogen) atoms. The van der Waals surface area contributed by atoms with E-state index in [2.05, 4.69) is 30.9 Å². The van der Waals surface area contributed by atoms with Crippen molar-refractivity contribution >= 4 is 29.7 Å². The SMILES string of the molecule is CC(N)C(=O)NC(Cc1cnc[nH]1)C(=O)NC(CCCN=C(N)N)C(=O)NC(Cc1ccccc1)C(=O)O. The maximum atomic E-state index is 13.2. The van der Waals surface area contributed by atoms with Gasteiger partial charge in [0, 0.05) is 31.3 Å². The van der Waals surface area contributed by atoms with Crippen molar-refractivity contribution in [1.29, 1.82) is 0 Å². The van der Waals surface area contributed by atoms with Crippen molar-refractivity contribution in [2.75, 3.05) is 6.54 Å². The predicted octanol–water partition coefficient (Wildman–Crippen LogP) is -1.87. The molecule has 14 heteroatoms. The first-order valence-corrected chi connectivity index (χ1v) is 12.0. The molecule has 14 nitrogen and oxygen atoms in total. The molecule has 1 aromatic carbocycles. The van der Waals surface area contributed by atoms with Crippen LogP contribution in [0.2, 0.25) is 0 Å². The van der Waals surface area contributed by atoms with Gasteiger partial charge in [-0.3, -0.25) is 19.4 Å². The van der Waals surface area contributed by atoms with E-state index in [1.807, 2.05) is 0 Å². The zero-order valence-corrected chi connectivity index (χ0v) is 21.1. The fourth-order valence-electron chi connectivity index (χ4n) is 3.50. The Balaban J connectivity index is 2.20. The number of nitrogens with one attached hydrogen (secondary N) is 4. The van der Waals surface area contributed by atoms with Crippen molar-refractivity contribution in [3.05, 3.63) is 54.1 Å². The van der Waals surface area contributed by atoms with Crippen LogP contribution in [0.15, 0.2) is 47.8 Å². The first-order chi connectivity index (χ1) is 18.1. The Morgan fingerprint density at radius 1 is 0.974 bits per heavy atom. The number of carboxylic acid groups (broad SMARTS) is 1. The summed E-state index contributed by atoms with van der Waals surface area (Å²) in [6.45, 7) is 1.66. The number of imidazole rings is 1. The van der Waals surface area contributed by atoms with Crippen molar-refractivity contribution in [2.24, 2.45) is 22.2 Å². The van der Waals surface area contributed by atoms with Gasteiger partial charge in [-0.2, -0.15) is 0 Å². The number of aromatic amines is 1. The lowest BCUT2D eigenvalue weighted by molar-refractivity contribution is -0.142. The van der Waals surface area contributed by atoms with E-state index in [9.17, 15) is 24.3 Å². The maximum absolute atomic E-state index is 13.2. The minimum absolute atomic E-state index is 0.0451. The maximum Gasteiger partial charge on any atom is 0.326 e.